The van der Waals surface area contributed by atoms with E-state index in [9.17, 15) is 4.79 Å². The SMILES string of the molecule is CCC(CN=Cc1ccccc1Cl)C(=O)c1ccccc1. The third-order valence-electron chi connectivity index (χ3n) is 3.38. The third-order valence-corrected chi connectivity index (χ3v) is 3.73. The Labute approximate surface area is 130 Å². The standard InChI is InChI=1S/C18H18ClNO/c1-2-14(18(21)15-8-4-3-5-9-15)12-20-13-16-10-6-7-11-17(16)19/h3-11,13-14H,2,12H2,1H3. The Morgan fingerprint density at radius 3 is 2.48 bits per heavy atom. The fourth-order valence-electron chi connectivity index (χ4n) is 2.09. The summed E-state index contributed by atoms with van der Waals surface area (Å²) in [6.07, 6.45) is 2.51. The van der Waals surface area contributed by atoms with Gasteiger partial charge in [-0.3, -0.25) is 9.79 Å². The number of carbonyl (C=O) groups is 1. The van der Waals surface area contributed by atoms with E-state index in [2.05, 4.69) is 4.99 Å². The first-order chi connectivity index (χ1) is 10.2. The fraction of sp³-hybridized carbons (Fsp3) is 0.222. The van der Waals surface area contributed by atoms with E-state index in [1.165, 1.54) is 0 Å². The van der Waals surface area contributed by atoms with E-state index < -0.39 is 0 Å². The normalized spacial score (nSPS) is 12.5. The van der Waals surface area contributed by atoms with E-state index in [0.29, 0.717) is 11.6 Å². The molecule has 0 saturated carbocycles. The molecular weight excluding hydrogens is 282 g/mol. The van der Waals surface area contributed by atoms with Gasteiger partial charge in [0, 0.05) is 34.8 Å². The number of aliphatic imine (C=N–C) groups is 1. The fourth-order valence-corrected chi connectivity index (χ4v) is 2.28. The second-order valence-electron chi connectivity index (χ2n) is 4.85. The molecule has 2 aromatic rings. The van der Waals surface area contributed by atoms with Crippen molar-refractivity contribution in [2.45, 2.75) is 13.3 Å². The molecule has 2 nitrogen and oxygen atoms in total. The summed E-state index contributed by atoms with van der Waals surface area (Å²) in [5.74, 6) is 0.0561. The summed E-state index contributed by atoms with van der Waals surface area (Å²) < 4.78 is 0. The maximum Gasteiger partial charge on any atom is 0.167 e. The van der Waals surface area contributed by atoms with E-state index in [4.69, 9.17) is 11.6 Å². The maximum atomic E-state index is 12.4. The maximum absolute atomic E-state index is 12.4. The molecule has 0 radical (unpaired) electrons. The van der Waals surface area contributed by atoms with Crippen LogP contribution in [0.2, 0.25) is 5.02 Å². The first kappa shape index (κ1) is 15.5. The highest BCUT2D eigenvalue weighted by Crippen LogP contribution is 2.15. The van der Waals surface area contributed by atoms with Gasteiger partial charge in [0.2, 0.25) is 0 Å². The largest absolute Gasteiger partial charge is 0.294 e. The van der Waals surface area contributed by atoms with Crippen LogP contribution in [0.3, 0.4) is 0 Å². The van der Waals surface area contributed by atoms with Crippen LogP contribution in [0.1, 0.15) is 29.3 Å². The van der Waals surface area contributed by atoms with Gasteiger partial charge in [0.25, 0.3) is 0 Å². The monoisotopic (exact) mass is 299 g/mol. The highest BCUT2D eigenvalue weighted by Gasteiger charge is 2.17. The summed E-state index contributed by atoms with van der Waals surface area (Å²) in [5, 5.41) is 0.670. The van der Waals surface area contributed by atoms with Crippen LogP contribution in [-0.4, -0.2) is 18.5 Å². The van der Waals surface area contributed by atoms with Crippen LogP contribution < -0.4 is 0 Å². The van der Waals surface area contributed by atoms with Crippen LogP contribution >= 0.6 is 11.6 Å². The second-order valence-corrected chi connectivity index (χ2v) is 5.26. The lowest BCUT2D eigenvalue weighted by molar-refractivity contribution is 0.0921. The smallest absolute Gasteiger partial charge is 0.167 e. The Morgan fingerprint density at radius 1 is 1.14 bits per heavy atom. The molecule has 2 rings (SSSR count). The number of hydrogen-bond donors (Lipinski definition) is 0. The minimum Gasteiger partial charge on any atom is -0.294 e. The van der Waals surface area contributed by atoms with E-state index >= 15 is 0 Å². The van der Waals surface area contributed by atoms with Crippen LogP contribution in [0.25, 0.3) is 0 Å². The molecule has 108 valence electrons. The van der Waals surface area contributed by atoms with Gasteiger partial charge in [0.1, 0.15) is 0 Å². The lowest BCUT2D eigenvalue weighted by atomic mass is 9.95. The predicted octanol–water partition coefficient (Wildman–Crippen LogP) is 4.67. The molecule has 0 aromatic heterocycles. The molecule has 1 atom stereocenters. The number of ketones is 1. The van der Waals surface area contributed by atoms with Crippen molar-refractivity contribution >= 4 is 23.6 Å². The number of Topliss-reactive ketones (excluding diaryl/α,β-unsaturated/α-hetero) is 1. The van der Waals surface area contributed by atoms with Crippen molar-refractivity contribution in [3.8, 4) is 0 Å². The van der Waals surface area contributed by atoms with Crippen LogP contribution in [0.5, 0.6) is 0 Å². The van der Waals surface area contributed by atoms with Gasteiger partial charge in [-0.15, -0.1) is 0 Å². The van der Waals surface area contributed by atoms with Gasteiger partial charge in [-0.05, 0) is 12.5 Å². The first-order valence-corrected chi connectivity index (χ1v) is 7.43. The van der Waals surface area contributed by atoms with E-state index in [-0.39, 0.29) is 11.7 Å². The molecule has 2 aromatic carbocycles. The zero-order chi connectivity index (χ0) is 15.1. The van der Waals surface area contributed by atoms with Crippen LogP contribution in [-0.2, 0) is 0 Å². The minimum absolute atomic E-state index is 0.0915. The Hall–Kier alpha value is -1.93. The van der Waals surface area contributed by atoms with Crippen molar-refractivity contribution in [2.24, 2.45) is 10.9 Å². The summed E-state index contributed by atoms with van der Waals surface area (Å²) in [6, 6.07) is 16.9. The van der Waals surface area contributed by atoms with E-state index in [1.807, 2.05) is 61.5 Å². The number of benzene rings is 2. The number of carbonyl (C=O) groups excluding carboxylic acids is 1. The summed E-state index contributed by atoms with van der Waals surface area (Å²) in [4.78, 5) is 16.8. The quantitative estimate of drug-likeness (QED) is 0.563. The topological polar surface area (TPSA) is 29.4 Å². The molecule has 0 saturated heterocycles. The van der Waals surface area contributed by atoms with Gasteiger partial charge in [-0.2, -0.15) is 0 Å². The molecule has 0 amide bonds. The van der Waals surface area contributed by atoms with Crippen LogP contribution in [0, 0.1) is 5.92 Å². The Morgan fingerprint density at radius 2 is 1.81 bits per heavy atom. The lowest BCUT2D eigenvalue weighted by Crippen LogP contribution is -2.17. The molecule has 21 heavy (non-hydrogen) atoms. The molecule has 0 heterocycles. The molecule has 0 aliphatic carbocycles. The van der Waals surface area contributed by atoms with Gasteiger partial charge in [-0.1, -0.05) is 67.1 Å². The molecule has 0 spiro atoms. The average molecular weight is 300 g/mol. The zero-order valence-corrected chi connectivity index (χ0v) is 12.8. The molecule has 3 heteroatoms. The minimum atomic E-state index is -0.0915. The number of nitrogens with zero attached hydrogens (tertiary/aromatic N) is 1. The van der Waals surface area contributed by atoms with Gasteiger partial charge in [-0.25, -0.2) is 0 Å². The summed E-state index contributed by atoms with van der Waals surface area (Å²) >= 11 is 6.07. The van der Waals surface area contributed by atoms with Crippen LogP contribution in [0.15, 0.2) is 59.6 Å². The number of halogens is 1. The van der Waals surface area contributed by atoms with Crippen molar-refractivity contribution in [1.82, 2.24) is 0 Å². The van der Waals surface area contributed by atoms with Crippen molar-refractivity contribution < 1.29 is 4.79 Å². The molecule has 0 aliphatic heterocycles. The Bertz CT molecular complexity index is 622. The third kappa shape index (κ3) is 4.27. The van der Waals surface area contributed by atoms with E-state index in [0.717, 1.165) is 17.5 Å². The Kier molecular flexibility index (Phi) is 5.70. The van der Waals surface area contributed by atoms with Gasteiger partial charge >= 0.3 is 0 Å². The second kappa shape index (κ2) is 7.75. The molecule has 1 unspecified atom stereocenters. The van der Waals surface area contributed by atoms with E-state index in [1.54, 1.807) is 6.21 Å². The van der Waals surface area contributed by atoms with Crippen molar-refractivity contribution in [2.75, 3.05) is 6.54 Å². The molecule has 0 N–H and O–H groups in total. The summed E-state index contributed by atoms with van der Waals surface area (Å²) in [7, 11) is 0. The average Bonchev–Trinajstić information content (AvgIpc) is 2.53. The molecule has 0 bridgehead atoms. The van der Waals surface area contributed by atoms with Crippen LogP contribution in [0.4, 0.5) is 0 Å². The van der Waals surface area contributed by atoms with Crippen molar-refractivity contribution in [1.29, 1.82) is 0 Å². The first-order valence-electron chi connectivity index (χ1n) is 7.06. The summed E-state index contributed by atoms with van der Waals surface area (Å²) in [6.45, 7) is 2.49. The van der Waals surface area contributed by atoms with Gasteiger partial charge < -0.3 is 0 Å². The molecular formula is C18H18ClNO. The predicted molar refractivity (Wildman–Crippen MR) is 88.5 cm³/mol. The Balaban J connectivity index is 2.03. The molecule has 0 fully saturated rings. The highest BCUT2D eigenvalue weighted by molar-refractivity contribution is 6.33. The zero-order valence-electron chi connectivity index (χ0n) is 12.0. The number of hydrogen-bond acceptors (Lipinski definition) is 2. The summed E-state index contributed by atoms with van der Waals surface area (Å²) in [5.41, 5.74) is 1.62. The van der Waals surface area contributed by atoms with Crippen molar-refractivity contribution in [3.63, 3.8) is 0 Å². The van der Waals surface area contributed by atoms with Crippen molar-refractivity contribution in [3.05, 3.63) is 70.7 Å². The van der Waals surface area contributed by atoms with Gasteiger partial charge in [0.05, 0.1) is 0 Å². The van der Waals surface area contributed by atoms with Gasteiger partial charge in [0.15, 0.2) is 5.78 Å². The lowest BCUT2D eigenvalue weighted by Gasteiger charge is -2.11. The highest BCUT2D eigenvalue weighted by atomic mass is 35.5. The molecule has 0 aliphatic rings. The number of rotatable bonds is 6.